The molecule has 2 aromatic rings. The molecule has 1 amide bonds. The lowest BCUT2D eigenvalue weighted by atomic mass is 9.85. The van der Waals surface area contributed by atoms with Crippen LogP contribution in [-0.4, -0.2) is 28.6 Å². The zero-order valence-corrected chi connectivity index (χ0v) is 13.1. The number of carbonyl (C=O) groups excluding carboxylic acids is 1. The number of aromatic amines is 1. The van der Waals surface area contributed by atoms with Crippen LogP contribution in [0.25, 0.3) is 11.1 Å². The summed E-state index contributed by atoms with van der Waals surface area (Å²) in [4.78, 5) is 15.4. The summed E-state index contributed by atoms with van der Waals surface area (Å²) < 4.78 is 5.31. The van der Waals surface area contributed by atoms with E-state index in [4.69, 9.17) is 16.6 Å². The monoisotopic (exact) mass is 320 g/mol. The highest BCUT2D eigenvalue weighted by atomic mass is 32.1. The van der Waals surface area contributed by atoms with Crippen LogP contribution in [0, 0.1) is 10.8 Å². The van der Waals surface area contributed by atoms with E-state index in [1.54, 1.807) is 18.2 Å². The zero-order valence-electron chi connectivity index (χ0n) is 12.3. The Bertz CT molecular complexity index is 715. The average molecular weight is 320 g/mol. The van der Waals surface area contributed by atoms with E-state index in [1.807, 2.05) is 0 Å². The lowest BCUT2D eigenvalue weighted by molar-refractivity contribution is 0.0738. The molecule has 1 saturated carbocycles. The van der Waals surface area contributed by atoms with Crippen molar-refractivity contribution in [1.29, 1.82) is 0 Å². The maximum absolute atomic E-state index is 12.2. The average Bonchev–Trinajstić information content (AvgIpc) is 2.92. The summed E-state index contributed by atoms with van der Waals surface area (Å²) >= 11 is 4.92. The molecule has 3 N–H and O–H groups in total. The van der Waals surface area contributed by atoms with Gasteiger partial charge < -0.3 is 19.8 Å². The van der Waals surface area contributed by atoms with Gasteiger partial charge >= 0.3 is 0 Å². The van der Waals surface area contributed by atoms with Crippen LogP contribution in [0.2, 0.25) is 0 Å². The Balaban J connectivity index is 1.61. The molecule has 1 fully saturated rings. The Morgan fingerprint density at radius 2 is 2.18 bits per heavy atom. The molecule has 0 bridgehead atoms. The Morgan fingerprint density at radius 3 is 2.95 bits per heavy atom. The highest BCUT2D eigenvalue weighted by molar-refractivity contribution is 7.71. The van der Waals surface area contributed by atoms with E-state index in [0.29, 0.717) is 21.9 Å². The number of carbonyl (C=O) groups is 1. The molecule has 0 aliphatic heterocycles. The highest BCUT2D eigenvalue weighted by Crippen LogP contribution is 2.26. The predicted molar refractivity (Wildman–Crippen MR) is 86.3 cm³/mol. The van der Waals surface area contributed by atoms with Gasteiger partial charge in [0.2, 0.25) is 0 Å². The van der Waals surface area contributed by atoms with Crippen LogP contribution in [-0.2, 0) is 0 Å². The number of rotatable bonds is 4. The van der Waals surface area contributed by atoms with Crippen LogP contribution in [0.15, 0.2) is 22.6 Å². The predicted octanol–water partition coefficient (Wildman–Crippen LogP) is 3.16. The minimum atomic E-state index is -0.468. The van der Waals surface area contributed by atoms with Gasteiger partial charge in [-0.25, -0.2) is 0 Å². The van der Waals surface area contributed by atoms with Gasteiger partial charge in [-0.15, -0.1) is 0 Å². The maximum atomic E-state index is 12.2. The molecule has 0 spiro atoms. The summed E-state index contributed by atoms with van der Waals surface area (Å²) in [6.45, 7) is 0.290. The normalized spacial score (nSPS) is 17.5. The van der Waals surface area contributed by atoms with Gasteiger partial charge in [0.15, 0.2) is 5.58 Å². The largest absolute Gasteiger partial charge is 0.429 e. The van der Waals surface area contributed by atoms with E-state index in [2.05, 4.69) is 10.3 Å². The quantitative estimate of drug-likeness (QED) is 0.756. The van der Waals surface area contributed by atoms with Crippen LogP contribution < -0.4 is 5.32 Å². The molecule has 0 saturated heterocycles. The lowest BCUT2D eigenvalue weighted by Crippen LogP contribution is -2.37. The van der Waals surface area contributed by atoms with Gasteiger partial charge in [0, 0.05) is 12.1 Å². The molecule has 1 atom stereocenters. The number of fused-ring (bicyclic) bond motifs is 1. The minimum absolute atomic E-state index is 0.209. The van der Waals surface area contributed by atoms with Crippen LogP contribution in [0.3, 0.4) is 0 Å². The molecule has 3 rings (SSSR count). The minimum Gasteiger partial charge on any atom is -0.429 e. The van der Waals surface area contributed by atoms with Crippen LogP contribution >= 0.6 is 12.2 Å². The van der Waals surface area contributed by atoms with Crippen LogP contribution in [0.4, 0.5) is 0 Å². The number of hydrogen-bond donors (Lipinski definition) is 3. The first-order valence-electron chi connectivity index (χ1n) is 7.72. The second-order valence-corrected chi connectivity index (χ2v) is 6.27. The van der Waals surface area contributed by atoms with Gasteiger partial charge in [0.1, 0.15) is 0 Å². The molecular weight excluding hydrogens is 300 g/mol. The van der Waals surface area contributed by atoms with Crippen molar-refractivity contribution in [1.82, 2.24) is 10.3 Å². The summed E-state index contributed by atoms with van der Waals surface area (Å²) in [6.07, 6.45) is 5.22. The third-order valence-corrected chi connectivity index (χ3v) is 4.53. The second-order valence-electron chi connectivity index (χ2n) is 5.90. The standard InChI is InChI=1S/C16H20N2O3S/c19-13(10-4-2-1-3-5-10)9-17-15(20)11-6-7-12-14(8-11)21-16(22)18-12/h6-8,10,13,19H,1-5,9H2,(H,17,20)(H,18,22). The van der Waals surface area contributed by atoms with Crippen molar-refractivity contribution in [3.05, 3.63) is 28.6 Å². The van der Waals surface area contributed by atoms with Crippen molar-refractivity contribution < 1.29 is 14.3 Å². The molecule has 0 radical (unpaired) electrons. The third kappa shape index (κ3) is 3.39. The number of amides is 1. The lowest BCUT2D eigenvalue weighted by Gasteiger charge is -2.26. The van der Waals surface area contributed by atoms with Gasteiger partial charge in [-0.2, -0.15) is 0 Å². The molecule has 1 aromatic carbocycles. The van der Waals surface area contributed by atoms with E-state index in [-0.39, 0.29) is 12.5 Å². The number of hydrogen-bond acceptors (Lipinski definition) is 4. The highest BCUT2D eigenvalue weighted by Gasteiger charge is 2.22. The summed E-state index contributed by atoms with van der Waals surface area (Å²) in [6, 6.07) is 5.14. The van der Waals surface area contributed by atoms with Gasteiger partial charge in [-0.05, 0) is 49.2 Å². The summed E-state index contributed by atoms with van der Waals surface area (Å²) in [7, 11) is 0. The fourth-order valence-corrected chi connectivity index (χ4v) is 3.27. The number of aromatic nitrogens is 1. The van der Waals surface area contributed by atoms with Gasteiger partial charge in [0.25, 0.3) is 10.7 Å². The van der Waals surface area contributed by atoms with E-state index < -0.39 is 6.10 Å². The molecule has 118 valence electrons. The van der Waals surface area contributed by atoms with Crippen molar-refractivity contribution in [3.8, 4) is 0 Å². The fourth-order valence-electron chi connectivity index (χ4n) is 3.07. The van der Waals surface area contributed by atoms with Crippen molar-refractivity contribution in [2.24, 2.45) is 5.92 Å². The molecule has 1 aromatic heterocycles. The van der Waals surface area contributed by atoms with Gasteiger partial charge in [-0.1, -0.05) is 19.3 Å². The summed E-state index contributed by atoms with van der Waals surface area (Å²) in [5, 5.41) is 13.0. The topological polar surface area (TPSA) is 78.3 Å². The number of nitrogens with one attached hydrogen (secondary N) is 2. The third-order valence-electron chi connectivity index (χ3n) is 4.35. The maximum Gasteiger partial charge on any atom is 0.266 e. The summed E-state index contributed by atoms with van der Waals surface area (Å²) in [5.41, 5.74) is 1.83. The molecule has 1 aliphatic carbocycles. The van der Waals surface area contributed by atoms with E-state index in [1.165, 1.54) is 19.3 Å². The number of oxazole rings is 1. The van der Waals surface area contributed by atoms with Gasteiger partial charge in [-0.3, -0.25) is 4.79 Å². The van der Waals surface area contributed by atoms with E-state index >= 15 is 0 Å². The first-order chi connectivity index (χ1) is 10.6. The Hall–Kier alpha value is -1.66. The summed E-state index contributed by atoms with van der Waals surface area (Å²) in [5.74, 6) is 0.0954. The molecular formula is C16H20N2O3S. The zero-order chi connectivity index (χ0) is 15.5. The molecule has 1 heterocycles. The Kier molecular flexibility index (Phi) is 4.59. The molecule has 1 aliphatic rings. The number of H-pyrrole nitrogens is 1. The first kappa shape index (κ1) is 15.2. The number of aliphatic hydroxyl groups excluding tert-OH is 1. The van der Waals surface area contributed by atoms with Crippen molar-refractivity contribution in [2.45, 2.75) is 38.2 Å². The van der Waals surface area contributed by atoms with Gasteiger partial charge in [0.05, 0.1) is 11.6 Å². The smallest absolute Gasteiger partial charge is 0.266 e. The Morgan fingerprint density at radius 1 is 1.41 bits per heavy atom. The van der Waals surface area contributed by atoms with Crippen LogP contribution in [0.1, 0.15) is 42.5 Å². The van der Waals surface area contributed by atoms with E-state index in [0.717, 1.165) is 18.4 Å². The number of benzene rings is 1. The Labute approximate surface area is 133 Å². The molecule has 1 unspecified atom stereocenters. The molecule has 5 nitrogen and oxygen atoms in total. The fraction of sp³-hybridized carbons (Fsp3) is 0.500. The molecule has 22 heavy (non-hydrogen) atoms. The van der Waals surface area contributed by atoms with Crippen molar-refractivity contribution in [3.63, 3.8) is 0 Å². The molecule has 6 heteroatoms. The van der Waals surface area contributed by atoms with Crippen molar-refractivity contribution >= 4 is 29.2 Å². The van der Waals surface area contributed by atoms with Crippen molar-refractivity contribution in [2.75, 3.05) is 6.54 Å². The first-order valence-corrected chi connectivity index (χ1v) is 8.13. The van der Waals surface area contributed by atoms with Crippen LogP contribution in [0.5, 0.6) is 0 Å². The van der Waals surface area contributed by atoms with E-state index in [9.17, 15) is 9.90 Å². The second kappa shape index (κ2) is 6.62. The SMILES string of the molecule is O=C(NCC(O)C1CCCCC1)c1ccc2[nH]c(=S)oc2c1. The number of aliphatic hydroxyl groups is 1.